The van der Waals surface area contributed by atoms with Gasteiger partial charge in [0.15, 0.2) is 0 Å². The molecule has 0 spiro atoms. The Balaban J connectivity index is 1.38. The van der Waals surface area contributed by atoms with Crippen molar-refractivity contribution in [2.24, 2.45) is 0 Å². The summed E-state index contributed by atoms with van der Waals surface area (Å²) < 4.78 is 24.3. The number of halogens is 1. The number of hydrogen-bond acceptors (Lipinski definition) is 4. The van der Waals surface area contributed by atoms with Crippen molar-refractivity contribution < 1.29 is 23.8 Å². The van der Waals surface area contributed by atoms with Crippen molar-refractivity contribution in [2.45, 2.75) is 18.1 Å². The van der Waals surface area contributed by atoms with Gasteiger partial charge in [0.2, 0.25) is 0 Å². The minimum atomic E-state index is -1.15. The minimum absolute atomic E-state index is 0.0179. The highest BCUT2D eigenvalue weighted by Crippen LogP contribution is 2.33. The molecule has 2 aliphatic rings. The molecule has 2 aromatic rings. The van der Waals surface area contributed by atoms with Crippen LogP contribution in [-0.4, -0.2) is 48.4 Å². The van der Waals surface area contributed by atoms with Crippen molar-refractivity contribution in [3.8, 4) is 5.75 Å². The smallest absolute Gasteiger partial charge is 0.322 e. The second kappa shape index (κ2) is 7.17. The van der Waals surface area contributed by atoms with Crippen LogP contribution in [0.5, 0.6) is 5.75 Å². The van der Waals surface area contributed by atoms with E-state index in [1.165, 1.54) is 29.2 Å². The summed E-state index contributed by atoms with van der Waals surface area (Å²) in [6.45, 7) is 1.50. The topological polar surface area (TPSA) is 71.0 Å². The normalized spacial score (nSPS) is 20.8. The zero-order chi connectivity index (χ0) is 18.9. The summed E-state index contributed by atoms with van der Waals surface area (Å²) in [6, 6.07) is 12.6. The quantitative estimate of drug-likeness (QED) is 0.866. The van der Waals surface area contributed by atoms with Crippen LogP contribution in [0.4, 0.5) is 14.9 Å². The zero-order valence-electron chi connectivity index (χ0n) is 14.7. The van der Waals surface area contributed by atoms with Gasteiger partial charge in [-0.1, -0.05) is 24.3 Å². The lowest BCUT2D eigenvalue weighted by atomic mass is 9.86. The van der Waals surface area contributed by atoms with Crippen LogP contribution in [0.3, 0.4) is 0 Å². The molecule has 0 bridgehead atoms. The van der Waals surface area contributed by atoms with Crippen LogP contribution in [0.2, 0.25) is 0 Å². The number of para-hydroxylation sites is 2. The van der Waals surface area contributed by atoms with Gasteiger partial charge in [0, 0.05) is 6.42 Å². The average molecular weight is 372 g/mol. The number of β-amino-alcohol motifs (C(OH)–C–C–N with tert-alkyl or cyclic N) is 1. The van der Waals surface area contributed by atoms with E-state index < -0.39 is 5.60 Å². The van der Waals surface area contributed by atoms with E-state index in [0.717, 1.165) is 6.42 Å². The summed E-state index contributed by atoms with van der Waals surface area (Å²) in [5.74, 6) is 0.233. The van der Waals surface area contributed by atoms with E-state index in [0.29, 0.717) is 30.2 Å². The fourth-order valence-corrected chi connectivity index (χ4v) is 3.32. The Morgan fingerprint density at radius 3 is 2.67 bits per heavy atom. The highest BCUT2D eigenvalue weighted by molar-refractivity contribution is 5.91. The van der Waals surface area contributed by atoms with Crippen molar-refractivity contribution in [2.75, 3.05) is 31.6 Å². The SMILES string of the molecule is O=C(Nc1ccccc1OC1CCOC1)N1CC(O)(c2ccc(F)cc2)C1. The number of nitrogens with zero attached hydrogens (tertiary/aromatic N) is 1. The van der Waals surface area contributed by atoms with Gasteiger partial charge >= 0.3 is 6.03 Å². The van der Waals surface area contributed by atoms with E-state index in [-0.39, 0.29) is 31.0 Å². The summed E-state index contributed by atoms with van der Waals surface area (Å²) in [5, 5.41) is 13.5. The number of carbonyl (C=O) groups is 1. The number of carbonyl (C=O) groups excluding carboxylic acids is 1. The molecule has 142 valence electrons. The molecule has 0 aliphatic carbocycles. The molecular weight excluding hydrogens is 351 g/mol. The van der Waals surface area contributed by atoms with Gasteiger partial charge in [-0.2, -0.15) is 0 Å². The first kappa shape index (κ1) is 17.8. The molecule has 4 rings (SSSR count). The number of aliphatic hydroxyl groups is 1. The van der Waals surface area contributed by atoms with Crippen molar-refractivity contribution >= 4 is 11.7 Å². The van der Waals surface area contributed by atoms with Gasteiger partial charge < -0.3 is 24.8 Å². The lowest BCUT2D eigenvalue weighted by Crippen LogP contribution is -2.62. The average Bonchev–Trinajstić information content (AvgIpc) is 3.14. The third-order valence-corrected chi connectivity index (χ3v) is 4.88. The van der Waals surface area contributed by atoms with Crippen LogP contribution in [-0.2, 0) is 10.3 Å². The number of ether oxygens (including phenoxy) is 2. The Bertz CT molecular complexity index is 815. The number of hydrogen-bond donors (Lipinski definition) is 2. The molecule has 2 fully saturated rings. The molecule has 2 aromatic carbocycles. The van der Waals surface area contributed by atoms with Gasteiger partial charge in [-0.25, -0.2) is 9.18 Å². The predicted octanol–water partition coefficient (Wildman–Crippen LogP) is 2.73. The number of urea groups is 1. The first-order valence-corrected chi connectivity index (χ1v) is 8.91. The summed E-state index contributed by atoms with van der Waals surface area (Å²) in [4.78, 5) is 14.0. The van der Waals surface area contributed by atoms with Crippen molar-refractivity contribution in [1.82, 2.24) is 4.90 Å². The molecule has 0 radical (unpaired) electrons. The van der Waals surface area contributed by atoms with Gasteiger partial charge in [0.25, 0.3) is 0 Å². The van der Waals surface area contributed by atoms with Crippen molar-refractivity contribution in [3.63, 3.8) is 0 Å². The van der Waals surface area contributed by atoms with E-state index in [1.54, 1.807) is 12.1 Å². The zero-order valence-corrected chi connectivity index (χ0v) is 14.7. The van der Waals surface area contributed by atoms with Crippen LogP contribution < -0.4 is 10.1 Å². The summed E-state index contributed by atoms with van der Waals surface area (Å²) >= 11 is 0. The Kier molecular flexibility index (Phi) is 4.72. The monoisotopic (exact) mass is 372 g/mol. The molecule has 27 heavy (non-hydrogen) atoms. The molecule has 0 saturated carbocycles. The molecule has 2 aliphatic heterocycles. The van der Waals surface area contributed by atoms with E-state index in [2.05, 4.69) is 5.32 Å². The van der Waals surface area contributed by atoms with Gasteiger partial charge in [-0.3, -0.25) is 0 Å². The largest absolute Gasteiger partial charge is 0.486 e. The van der Waals surface area contributed by atoms with E-state index >= 15 is 0 Å². The number of rotatable bonds is 4. The third kappa shape index (κ3) is 3.74. The van der Waals surface area contributed by atoms with Crippen molar-refractivity contribution in [1.29, 1.82) is 0 Å². The van der Waals surface area contributed by atoms with E-state index in [4.69, 9.17) is 9.47 Å². The second-order valence-electron chi connectivity index (χ2n) is 6.92. The maximum absolute atomic E-state index is 13.1. The van der Waals surface area contributed by atoms with Crippen LogP contribution in [0.25, 0.3) is 0 Å². The predicted molar refractivity (Wildman–Crippen MR) is 97.2 cm³/mol. The lowest BCUT2D eigenvalue weighted by Gasteiger charge is -2.46. The standard InChI is InChI=1S/C20H21FN2O4/c21-15-7-5-14(6-8-15)20(25)12-23(13-20)19(24)22-17-3-1-2-4-18(17)27-16-9-10-26-11-16/h1-8,16,25H,9-13H2,(H,22,24). The summed E-state index contributed by atoms with van der Waals surface area (Å²) in [6.07, 6.45) is 0.801. The highest BCUT2D eigenvalue weighted by atomic mass is 19.1. The fourth-order valence-electron chi connectivity index (χ4n) is 3.32. The molecule has 2 amide bonds. The summed E-state index contributed by atoms with van der Waals surface area (Å²) in [5.41, 5.74) is 0.0203. The molecule has 2 heterocycles. The van der Waals surface area contributed by atoms with Gasteiger partial charge in [0.05, 0.1) is 32.0 Å². The number of nitrogens with one attached hydrogen (secondary N) is 1. The van der Waals surface area contributed by atoms with Crippen molar-refractivity contribution in [3.05, 3.63) is 59.9 Å². The Labute approximate surface area is 156 Å². The minimum Gasteiger partial charge on any atom is -0.486 e. The molecule has 0 aromatic heterocycles. The van der Waals surface area contributed by atoms with Crippen LogP contribution in [0, 0.1) is 5.82 Å². The maximum Gasteiger partial charge on any atom is 0.322 e. The lowest BCUT2D eigenvalue weighted by molar-refractivity contribution is -0.0793. The Morgan fingerprint density at radius 2 is 1.96 bits per heavy atom. The third-order valence-electron chi connectivity index (χ3n) is 4.88. The van der Waals surface area contributed by atoms with Gasteiger partial charge in [-0.05, 0) is 29.8 Å². The number of likely N-dealkylation sites (tertiary alicyclic amines) is 1. The first-order valence-electron chi connectivity index (χ1n) is 8.91. The highest BCUT2D eigenvalue weighted by Gasteiger charge is 2.45. The van der Waals surface area contributed by atoms with Crippen LogP contribution >= 0.6 is 0 Å². The van der Waals surface area contributed by atoms with Crippen LogP contribution in [0.1, 0.15) is 12.0 Å². The Hall–Kier alpha value is -2.64. The number of amides is 2. The fraction of sp³-hybridized carbons (Fsp3) is 0.350. The molecule has 1 unspecified atom stereocenters. The van der Waals surface area contributed by atoms with Gasteiger partial charge in [0.1, 0.15) is 23.3 Å². The number of anilines is 1. The molecule has 1 atom stereocenters. The molecular formula is C20H21FN2O4. The molecule has 2 saturated heterocycles. The maximum atomic E-state index is 13.1. The summed E-state index contributed by atoms with van der Waals surface area (Å²) in [7, 11) is 0. The van der Waals surface area contributed by atoms with Crippen LogP contribution in [0.15, 0.2) is 48.5 Å². The molecule has 2 N–H and O–H groups in total. The van der Waals surface area contributed by atoms with E-state index in [9.17, 15) is 14.3 Å². The molecule has 6 nitrogen and oxygen atoms in total. The molecule has 7 heteroatoms. The second-order valence-corrected chi connectivity index (χ2v) is 6.92. The first-order chi connectivity index (χ1) is 13.0. The van der Waals surface area contributed by atoms with Gasteiger partial charge in [-0.15, -0.1) is 0 Å². The number of benzene rings is 2. The Morgan fingerprint density at radius 1 is 1.22 bits per heavy atom. The van der Waals surface area contributed by atoms with E-state index in [1.807, 2.05) is 12.1 Å².